The second kappa shape index (κ2) is 6.23. The van der Waals surface area contributed by atoms with Crippen LogP contribution < -0.4 is 0 Å². The van der Waals surface area contributed by atoms with Crippen LogP contribution in [0.1, 0.15) is 36.1 Å². The first-order valence-electron chi connectivity index (χ1n) is 7.62. The number of hydrogen-bond donors (Lipinski definition) is 0. The lowest BCUT2D eigenvalue weighted by Gasteiger charge is -2.45. The molecule has 2 aromatic carbocycles. The normalized spacial score (nSPS) is 16.8. The molecular weight excluding hydrogens is 272 g/mol. The summed E-state index contributed by atoms with van der Waals surface area (Å²) in [4.78, 5) is 0. The van der Waals surface area contributed by atoms with Crippen molar-refractivity contribution in [2.45, 2.75) is 38.9 Å². The fourth-order valence-corrected chi connectivity index (χ4v) is 3.06. The first-order valence-corrected chi connectivity index (χ1v) is 7.62. The SMILES string of the molecule is COC(C)(c1cccc(C)c1)C(C)(OC)c1cccc(C)c1. The fourth-order valence-electron chi connectivity index (χ4n) is 3.06. The third kappa shape index (κ3) is 2.69. The summed E-state index contributed by atoms with van der Waals surface area (Å²) in [5.41, 5.74) is 3.46. The van der Waals surface area contributed by atoms with Gasteiger partial charge >= 0.3 is 0 Å². The van der Waals surface area contributed by atoms with E-state index in [1.54, 1.807) is 14.2 Å². The minimum atomic E-state index is -0.596. The maximum atomic E-state index is 6.00. The van der Waals surface area contributed by atoms with Crippen molar-refractivity contribution < 1.29 is 9.47 Å². The van der Waals surface area contributed by atoms with Gasteiger partial charge in [-0.15, -0.1) is 0 Å². The molecule has 0 saturated carbocycles. The van der Waals surface area contributed by atoms with E-state index in [2.05, 4.69) is 76.2 Å². The molecule has 0 radical (unpaired) electrons. The average molecular weight is 298 g/mol. The van der Waals surface area contributed by atoms with Crippen molar-refractivity contribution in [1.29, 1.82) is 0 Å². The molecule has 22 heavy (non-hydrogen) atoms. The number of rotatable bonds is 5. The highest BCUT2D eigenvalue weighted by molar-refractivity contribution is 5.36. The second-order valence-electron chi connectivity index (χ2n) is 6.21. The molecule has 0 N–H and O–H groups in total. The molecule has 2 heteroatoms. The van der Waals surface area contributed by atoms with Crippen LogP contribution in [0, 0.1) is 13.8 Å². The Balaban J connectivity index is 2.63. The standard InChI is InChI=1S/C20H26O2/c1-15-9-7-11-17(13-15)19(3,21-5)20(4,22-6)18-12-8-10-16(2)14-18/h7-14H,1-6H3. The van der Waals surface area contributed by atoms with Gasteiger partial charge in [0.05, 0.1) is 0 Å². The van der Waals surface area contributed by atoms with Crippen LogP contribution in [0.4, 0.5) is 0 Å². The van der Waals surface area contributed by atoms with E-state index in [0.29, 0.717) is 0 Å². The summed E-state index contributed by atoms with van der Waals surface area (Å²) < 4.78 is 12.0. The Morgan fingerprint density at radius 3 is 1.32 bits per heavy atom. The molecule has 0 fully saturated rings. The second-order valence-corrected chi connectivity index (χ2v) is 6.21. The lowest BCUT2D eigenvalue weighted by molar-refractivity contribution is -0.180. The van der Waals surface area contributed by atoms with E-state index in [4.69, 9.17) is 9.47 Å². The Kier molecular flexibility index (Phi) is 4.74. The highest BCUT2D eigenvalue weighted by atomic mass is 16.5. The van der Waals surface area contributed by atoms with Gasteiger partial charge in [0.25, 0.3) is 0 Å². The molecule has 0 aliphatic carbocycles. The van der Waals surface area contributed by atoms with E-state index in [9.17, 15) is 0 Å². The van der Waals surface area contributed by atoms with Gasteiger partial charge in [-0.05, 0) is 38.8 Å². The largest absolute Gasteiger partial charge is 0.370 e. The molecule has 2 aromatic rings. The summed E-state index contributed by atoms with van der Waals surface area (Å²) in [6.07, 6.45) is 0. The molecule has 118 valence electrons. The minimum absolute atomic E-state index is 0.596. The van der Waals surface area contributed by atoms with E-state index in [1.807, 2.05) is 0 Å². The van der Waals surface area contributed by atoms with Crippen LogP contribution in [0.2, 0.25) is 0 Å². The van der Waals surface area contributed by atoms with Crippen LogP contribution in [0.3, 0.4) is 0 Å². The zero-order valence-electron chi connectivity index (χ0n) is 14.4. The van der Waals surface area contributed by atoms with Gasteiger partial charge in [0.15, 0.2) is 0 Å². The van der Waals surface area contributed by atoms with Gasteiger partial charge in [-0.3, -0.25) is 0 Å². The van der Waals surface area contributed by atoms with Crippen molar-refractivity contribution in [2.75, 3.05) is 14.2 Å². The number of aryl methyl sites for hydroxylation is 2. The number of ether oxygens (including phenoxy) is 2. The van der Waals surface area contributed by atoms with Crippen LogP contribution in [-0.2, 0) is 20.7 Å². The van der Waals surface area contributed by atoms with Crippen LogP contribution in [-0.4, -0.2) is 14.2 Å². The Morgan fingerprint density at radius 1 is 0.682 bits per heavy atom. The van der Waals surface area contributed by atoms with Crippen molar-refractivity contribution >= 4 is 0 Å². The van der Waals surface area contributed by atoms with E-state index >= 15 is 0 Å². The van der Waals surface area contributed by atoms with Gasteiger partial charge < -0.3 is 9.47 Å². The molecule has 0 aromatic heterocycles. The molecular formula is C20H26O2. The first-order chi connectivity index (χ1) is 10.4. The first kappa shape index (κ1) is 16.7. The molecule has 2 atom stereocenters. The molecule has 0 saturated heterocycles. The van der Waals surface area contributed by atoms with Gasteiger partial charge in [-0.2, -0.15) is 0 Å². The Morgan fingerprint density at radius 2 is 1.05 bits per heavy atom. The van der Waals surface area contributed by atoms with E-state index in [0.717, 1.165) is 11.1 Å². The van der Waals surface area contributed by atoms with Crippen LogP contribution in [0.15, 0.2) is 48.5 Å². The third-order valence-corrected chi connectivity index (χ3v) is 4.86. The zero-order valence-corrected chi connectivity index (χ0v) is 14.4. The molecule has 0 heterocycles. The molecule has 0 bridgehead atoms. The van der Waals surface area contributed by atoms with Gasteiger partial charge in [0.2, 0.25) is 0 Å². The zero-order chi connectivity index (χ0) is 16.4. The number of benzene rings is 2. The lowest BCUT2D eigenvalue weighted by Crippen LogP contribution is -2.48. The maximum Gasteiger partial charge on any atom is 0.123 e. The summed E-state index contributed by atoms with van der Waals surface area (Å²) in [6, 6.07) is 16.8. The summed E-state index contributed by atoms with van der Waals surface area (Å²) in [5, 5.41) is 0. The van der Waals surface area contributed by atoms with Gasteiger partial charge in [-0.25, -0.2) is 0 Å². The predicted molar refractivity (Wildman–Crippen MR) is 91.1 cm³/mol. The maximum absolute atomic E-state index is 6.00. The highest BCUT2D eigenvalue weighted by Crippen LogP contribution is 2.45. The average Bonchev–Trinajstić information content (AvgIpc) is 2.53. The van der Waals surface area contributed by atoms with E-state index in [-0.39, 0.29) is 0 Å². The van der Waals surface area contributed by atoms with Crippen LogP contribution >= 0.6 is 0 Å². The quantitative estimate of drug-likeness (QED) is 0.794. The molecule has 2 unspecified atom stereocenters. The Labute approximate surface area is 134 Å². The fraction of sp³-hybridized carbons (Fsp3) is 0.400. The minimum Gasteiger partial charge on any atom is -0.370 e. The number of hydrogen-bond acceptors (Lipinski definition) is 2. The van der Waals surface area contributed by atoms with E-state index < -0.39 is 11.2 Å². The van der Waals surface area contributed by atoms with Crippen molar-refractivity contribution in [2.24, 2.45) is 0 Å². The van der Waals surface area contributed by atoms with Crippen molar-refractivity contribution in [3.63, 3.8) is 0 Å². The van der Waals surface area contributed by atoms with Crippen LogP contribution in [0.25, 0.3) is 0 Å². The number of methoxy groups -OCH3 is 2. The molecule has 2 rings (SSSR count). The van der Waals surface area contributed by atoms with Gasteiger partial charge in [0, 0.05) is 14.2 Å². The van der Waals surface area contributed by atoms with Gasteiger partial charge in [-0.1, -0.05) is 59.7 Å². The third-order valence-electron chi connectivity index (χ3n) is 4.86. The Hall–Kier alpha value is -1.64. The molecule has 0 aliphatic rings. The summed E-state index contributed by atoms with van der Waals surface area (Å²) in [6.45, 7) is 8.37. The summed E-state index contributed by atoms with van der Waals surface area (Å²) in [5.74, 6) is 0. The molecule has 0 aliphatic heterocycles. The monoisotopic (exact) mass is 298 g/mol. The van der Waals surface area contributed by atoms with Crippen molar-refractivity contribution in [3.8, 4) is 0 Å². The Bertz CT molecular complexity index is 592. The van der Waals surface area contributed by atoms with Crippen molar-refractivity contribution in [1.82, 2.24) is 0 Å². The van der Waals surface area contributed by atoms with Crippen molar-refractivity contribution in [3.05, 3.63) is 70.8 Å². The predicted octanol–water partition coefficient (Wildman–Crippen LogP) is 4.73. The summed E-state index contributed by atoms with van der Waals surface area (Å²) >= 11 is 0. The molecule has 0 spiro atoms. The van der Waals surface area contributed by atoms with Gasteiger partial charge in [0.1, 0.15) is 11.2 Å². The lowest BCUT2D eigenvalue weighted by atomic mass is 9.74. The smallest absolute Gasteiger partial charge is 0.123 e. The topological polar surface area (TPSA) is 18.5 Å². The molecule has 0 amide bonds. The van der Waals surface area contributed by atoms with Crippen LogP contribution in [0.5, 0.6) is 0 Å². The van der Waals surface area contributed by atoms with E-state index in [1.165, 1.54) is 11.1 Å². The highest BCUT2D eigenvalue weighted by Gasteiger charge is 2.48. The molecule has 2 nitrogen and oxygen atoms in total. The summed E-state index contributed by atoms with van der Waals surface area (Å²) in [7, 11) is 3.49.